The number of nitrogens with two attached hydrogens (primary N) is 1. The first-order chi connectivity index (χ1) is 12.5. The van der Waals surface area contributed by atoms with Gasteiger partial charge < -0.3 is 10.5 Å². The lowest BCUT2D eigenvalue weighted by Gasteiger charge is -2.38. The second kappa shape index (κ2) is 8.11. The number of ether oxygens (including phenoxy) is 1. The maximum atomic E-state index is 14.1. The molecule has 5 nitrogen and oxygen atoms in total. The molecule has 1 aromatic rings. The van der Waals surface area contributed by atoms with Gasteiger partial charge in [0.05, 0.1) is 11.8 Å². The van der Waals surface area contributed by atoms with Gasteiger partial charge >= 0.3 is 0 Å². The molecular formula is C19H24F2N4O. The van der Waals surface area contributed by atoms with Gasteiger partial charge in [0.1, 0.15) is 23.4 Å². The number of allylic oxidation sites excluding steroid dienone is 3. The largest absolute Gasteiger partial charge is 0.376 e. The maximum Gasteiger partial charge on any atom is 0.138 e. The predicted molar refractivity (Wildman–Crippen MR) is 93.3 cm³/mol. The molecule has 7 heteroatoms. The molecule has 0 spiro atoms. The van der Waals surface area contributed by atoms with Crippen molar-refractivity contribution < 1.29 is 13.5 Å². The van der Waals surface area contributed by atoms with Crippen molar-refractivity contribution in [3.05, 3.63) is 40.8 Å². The molecule has 0 aromatic carbocycles. The van der Waals surface area contributed by atoms with Gasteiger partial charge in [0.2, 0.25) is 0 Å². The van der Waals surface area contributed by atoms with Crippen LogP contribution in [0.25, 0.3) is 0 Å². The van der Waals surface area contributed by atoms with Crippen LogP contribution in [0.5, 0.6) is 0 Å². The van der Waals surface area contributed by atoms with Crippen molar-refractivity contribution >= 4 is 0 Å². The fourth-order valence-electron chi connectivity index (χ4n) is 3.92. The van der Waals surface area contributed by atoms with E-state index in [1.807, 2.05) is 6.92 Å². The molecule has 3 rings (SSSR count). The summed E-state index contributed by atoms with van der Waals surface area (Å²) in [6.45, 7) is 2.47. The van der Waals surface area contributed by atoms with E-state index in [2.05, 4.69) is 16.3 Å². The molecule has 2 unspecified atom stereocenters. The fraction of sp³-hybridized carbons (Fsp3) is 0.579. The minimum atomic E-state index is -0.637. The molecule has 1 saturated heterocycles. The van der Waals surface area contributed by atoms with E-state index in [-0.39, 0.29) is 30.0 Å². The number of halogens is 2. The van der Waals surface area contributed by atoms with Gasteiger partial charge in [-0.25, -0.2) is 8.78 Å². The summed E-state index contributed by atoms with van der Waals surface area (Å²) in [6.07, 6.45) is 4.83. The molecule has 0 radical (unpaired) electrons. The first-order valence-corrected chi connectivity index (χ1v) is 9.08. The Hall–Kier alpha value is -2.04. The lowest BCUT2D eigenvalue weighted by Crippen LogP contribution is -2.48. The Bertz CT molecular complexity index is 749. The van der Waals surface area contributed by atoms with Crippen molar-refractivity contribution in [2.45, 2.75) is 51.2 Å². The highest BCUT2D eigenvalue weighted by molar-refractivity contribution is 5.34. The zero-order valence-corrected chi connectivity index (χ0v) is 14.8. The number of nitrogens with one attached hydrogen (secondary N) is 1. The molecular weight excluding hydrogens is 338 g/mol. The molecule has 0 amide bonds. The Kier molecular flexibility index (Phi) is 5.84. The summed E-state index contributed by atoms with van der Waals surface area (Å²) in [6, 6.07) is 1.80. The monoisotopic (exact) mass is 362 g/mol. The molecule has 1 fully saturated rings. The zero-order valence-electron chi connectivity index (χ0n) is 14.8. The fourth-order valence-corrected chi connectivity index (χ4v) is 3.92. The highest BCUT2D eigenvalue weighted by Gasteiger charge is 2.38. The zero-order chi connectivity index (χ0) is 18.7. The number of H-pyrrole nitrogens is 1. The second-order valence-corrected chi connectivity index (χ2v) is 7.07. The first kappa shape index (κ1) is 18.7. The molecule has 2 heterocycles. The van der Waals surface area contributed by atoms with E-state index >= 15 is 0 Å². The van der Waals surface area contributed by atoms with Gasteiger partial charge in [0.25, 0.3) is 0 Å². The smallest absolute Gasteiger partial charge is 0.138 e. The highest BCUT2D eigenvalue weighted by atomic mass is 19.1. The van der Waals surface area contributed by atoms with E-state index in [4.69, 9.17) is 10.5 Å². The minimum Gasteiger partial charge on any atom is -0.376 e. The second-order valence-electron chi connectivity index (χ2n) is 7.07. The first-order valence-electron chi connectivity index (χ1n) is 9.08. The molecule has 1 aromatic heterocycles. The van der Waals surface area contributed by atoms with Gasteiger partial charge in [-0.2, -0.15) is 10.4 Å². The SMILES string of the molecule is CCc1n[nH]c(C#N)c1CCC1CO[C@H](C2CC(F)=CC=C2F)[C@@H](N)C1. The summed E-state index contributed by atoms with van der Waals surface area (Å²) in [5, 5.41) is 16.1. The molecule has 1 aliphatic heterocycles. The van der Waals surface area contributed by atoms with Gasteiger partial charge in [-0.1, -0.05) is 6.92 Å². The van der Waals surface area contributed by atoms with Crippen LogP contribution in [0, 0.1) is 23.2 Å². The van der Waals surface area contributed by atoms with Gasteiger partial charge in [0, 0.05) is 30.6 Å². The van der Waals surface area contributed by atoms with Gasteiger partial charge in [0.15, 0.2) is 0 Å². The van der Waals surface area contributed by atoms with Crippen LogP contribution in [-0.4, -0.2) is 29.0 Å². The van der Waals surface area contributed by atoms with Gasteiger partial charge in [-0.15, -0.1) is 0 Å². The summed E-state index contributed by atoms with van der Waals surface area (Å²) in [4.78, 5) is 0. The van der Waals surface area contributed by atoms with Crippen LogP contribution < -0.4 is 5.73 Å². The number of nitriles is 1. The molecule has 0 bridgehead atoms. The Morgan fingerprint density at radius 1 is 1.42 bits per heavy atom. The molecule has 4 atom stereocenters. The normalized spacial score (nSPS) is 29.0. The summed E-state index contributed by atoms with van der Waals surface area (Å²) in [5.41, 5.74) is 8.62. The summed E-state index contributed by atoms with van der Waals surface area (Å²) >= 11 is 0. The third-order valence-corrected chi connectivity index (χ3v) is 5.34. The molecule has 1 aliphatic carbocycles. The number of rotatable bonds is 5. The summed E-state index contributed by atoms with van der Waals surface area (Å²) in [5.74, 6) is -1.12. The van der Waals surface area contributed by atoms with Crippen LogP contribution in [0.1, 0.15) is 43.1 Å². The minimum absolute atomic E-state index is 0.00573. The molecule has 140 valence electrons. The third kappa shape index (κ3) is 3.87. The standard InChI is InChI=1S/C19H24F2N4O/c1-2-17-13(18(9-22)25-24-17)5-3-11-7-16(23)19(26-10-11)14-8-12(20)4-6-15(14)21/h4,6,11,14,16,19H,2-3,5,7-8,10,23H2,1H3,(H,24,25)/t11?,14?,16-,19+/m0/s1. The molecule has 2 aliphatic rings. The van der Waals surface area contributed by atoms with Crippen molar-refractivity contribution in [1.82, 2.24) is 10.2 Å². The molecule has 0 saturated carbocycles. The van der Waals surface area contributed by atoms with Crippen molar-refractivity contribution in [1.29, 1.82) is 5.26 Å². The van der Waals surface area contributed by atoms with Gasteiger partial charge in [-0.3, -0.25) is 5.10 Å². The maximum absolute atomic E-state index is 14.1. The average molecular weight is 362 g/mol. The summed E-state index contributed by atoms with van der Waals surface area (Å²) < 4.78 is 33.4. The van der Waals surface area contributed by atoms with Gasteiger partial charge in [-0.05, 0) is 43.8 Å². The van der Waals surface area contributed by atoms with Crippen LogP contribution >= 0.6 is 0 Å². The Morgan fingerprint density at radius 3 is 2.92 bits per heavy atom. The topological polar surface area (TPSA) is 87.7 Å². The third-order valence-electron chi connectivity index (χ3n) is 5.34. The van der Waals surface area contributed by atoms with Crippen molar-refractivity contribution in [2.75, 3.05) is 6.61 Å². The molecule has 3 N–H and O–H groups in total. The van der Waals surface area contributed by atoms with E-state index in [1.54, 1.807) is 0 Å². The highest BCUT2D eigenvalue weighted by Crippen LogP contribution is 2.36. The van der Waals surface area contributed by atoms with Crippen molar-refractivity contribution in [2.24, 2.45) is 17.6 Å². The van der Waals surface area contributed by atoms with E-state index in [1.165, 1.54) is 6.08 Å². The van der Waals surface area contributed by atoms with Crippen LogP contribution in [0.2, 0.25) is 0 Å². The van der Waals surface area contributed by atoms with E-state index in [0.29, 0.717) is 18.7 Å². The quantitative estimate of drug-likeness (QED) is 0.842. The van der Waals surface area contributed by atoms with Crippen LogP contribution in [0.4, 0.5) is 8.78 Å². The number of aromatic nitrogens is 2. The number of aryl methyl sites for hydroxylation is 1. The Morgan fingerprint density at radius 2 is 2.23 bits per heavy atom. The van der Waals surface area contributed by atoms with Crippen LogP contribution in [-0.2, 0) is 17.6 Å². The average Bonchev–Trinajstić information content (AvgIpc) is 3.04. The van der Waals surface area contributed by atoms with Crippen molar-refractivity contribution in [3.8, 4) is 6.07 Å². The van der Waals surface area contributed by atoms with Crippen LogP contribution in [0.3, 0.4) is 0 Å². The predicted octanol–water partition coefficient (Wildman–Crippen LogP) is 3.24. The number of hydrogen-bond donors (Lipinski definition) is 2. The van der Waals surface area contributed by atoms with Crippen molar-refractivity contribution in [3.63, 3.8) is 0 Å². The number of aromatic amines is 1. The van der Waals surface area contributed by atoms with E-state index < -0.39 is 12.0 Å². The van der Waals surface area contributed by atoms with Crippen LogP contribution in [0.15, 0.2) is 23.8 Å². The lowest BCUT2D eigenvalue weighted by molar-refractivity contribution is -0.0588. The number of nitrogens with zero attached hydrogens (tertiary/aromatic N) is 2. The Balaban J connectivity index is 1.58. The Labute approximate surface area is 151 Å². The number of hydrogen-bond acceptors (Lipinski definition) is 4. The lowest BCUT2D eigenvalue weighted by atomic mass is 9.82. The molecule has 26 heavy (non-hydrogen) atoms. The van der Waals surface area contributed by atoms with E-state index in [9.17, 15) is 14.0 Å². The van der Waals surface area contributed by atoms with E-state index in [0.717, 1.165) is 36.6 Å². The summed E-state index contributed by atoms with van der Waals surface area (Å²) in [7, 11) is 0.